The molecule has 0 spiro atoms. The summed E-state index contributed by atoms with van der Waals surface area (Å²) in [5, 5.41) is 2.45. The lowest BCUT2D eigenvalue weighted by Gasteiger charge is -1.96. The maximum Gasteiger partial charge on any atom is 0.466 e. The fraction of sp³-hybridized carbons (Fsp3) is 0.111. The Labute approximate surface area is 107 Å². The molecule has 0 bridgehead atoms. The van der Waals surface area contributed by atoms with Crippen LogP contribution in [0.25, 0.3) is 11.0 Å². The molecule has 1 amide bonds. The highest BCUT2D eigenvalue weighted by atomic mass is 31.2. The van der Waals surface area contributed by atoms with E-state index in [1.165, 1.54) is 7.11 Å². The molecule has 0 saturated heterocycles. The van der Waals surface area contributed by atoms with Gasteiger partial charge >= 0.3 is 13.9 Å². The topological polar surface area (TPSA) is 145 Å². The van der Waals surface area contributed by atoms with E-state index < -0.39 is 13.9 Å². The van der Waals surface area contributed by atoms with Gasteiger partial charge in [0.2, 0.25) is 5.95 Å². The zero-order chi connectivity index (χ0) is 14.5. The summed E-state index contributed by atoms with van der Waals surface area (Å²) in [6.07, 6.45) is -0.538. The average Bonchev–Trinajstić information content (AvgIpc) is 2.68. The third-order valence-corrected chi connectivity index (χ3v) is 1.80. The van der Waals surface area contributed by atoms with Gasteiger partial charge in [0, 0.05) is 0 Å². The lowest BCUT2D eigenvalue weighted by Crippen LogP contribution is -2.11. The molecule has 2 rings (SSSR count). The third kappa shape index (κ3) is 5.98. The number of hydrogen-bond donors (Lipinski definition) is 5. The highest BCUT2D eigenvalue weighted by Crippen LogP contribution is 2.25. The first-order chi connectivity index (χ1) is 8.79. The molecule has 0 saturated carbocycles. The Bertz CT molecular complexity index is 566. The number of imidazole rings is 1. The summed E-state index contributed by atoms with van der Waals surface area (Å²) in [7, 11) is -3.34. The van der Waals surface area contributed by atoms with Gasteiger partial charge in [0.15, 0.2) is 0 Å². The van der Waals surface area contributed by atoms with Gasteiger partial charge < -0.3 is 24.4 Å². The highest BCUT2D eigenvalue weighted by Gasteiger charge is 2.04. The molecule has 19 heavy (non-hydrogen) atoms. The molecule has 0 aliphatic heterocycles. The molecule has 1 aromatic heterocycles. The van der Waals surface area contributed by atoms with Gasteiger partial charge in [0.05, 0.1) is 18.1 Å². The number of nitrogens with one attached hydrogen (secondary N) is 2. The van der Waals surface area contributed by atoms with Crippen LogP contribution in [0.2, 0.25) is 0 Å². The van der Waals surface area contributed by atoms with Crippen LogP contribution in [0.5, 0.6) is 0 Å². The Morgan fingerprint density at radius 3 is 2.47 bits per heavy atom. The number of nitrogens with zero attached hydrogens (tertiary/aromatic N) is 1. The second-order valence-corrected chi connectivity index (χ2v) is 4.26. The molecular weight excluding hydrogens is 277 g/mol. The Balaban J connectivity index is 0.000000312. The minimum atomic E-state index is -4.64. The largest absolute Gasteiger partial charge is 0.466 e. The summed E-state index contributed by atoms with van der Waals surface area (Å²) >= 11 is 0. The second-order valence-electron chi connectivity index (χ2n) is 3.23. The number of rotatable bonds is 1. The number of aromatic amines is 1. The molecule has 9 nitrogen and oxygen atoms in total. The molecule has 1 heterocycles. The van der Waals surface area contributed by atoms with E-state index in [9.17, 15) is 4.79 Å². The van der Waals surface area contributed by atoms with Crippen LogP contribution in [0, 0.1) is 0 Å². The smallest absolute Gasteiger partial charge is 0.453 e. The van der Waals surface area contributed by atoms with Gasteiger partial charge in [0.25, 0.3) is 0 Å². The van der Waals surface area contributed by atoms with Crippen molar-refractivity contribution in [2.75, 3.05) is 12.4 Å². The maximum atomic E-state index is 10.9. The van der Waals surface area contributed by atoms with Crippen LogP contribution in [0.3, 0.4) is 0 Å². The van der Waals surface area contributed by atoms with E-state index in [2.05, 4.69) is 20.0 Å². The number of amides is 1. The molecule has 0 radical (unpaired) electrons. The molecule has 1 aromatic carbocycles. The number of para-hydroxylation sites is 2. The van der Waals surface area contributed by atoms with Crippen LogP contribution in [-0.4, -0.2) is 37.9 Å². The van der Waals surface area contributed by atoms with Crippen molar-refractivity contribution in [1.82, 2.24) is 9.97 Å². The Hall–Kier alpha value is -1.93. The number of carbonyl (C=O) groups is 1. The molecule has 2 aromatic rings. The van der Waals surface area contributed by atoms with Gasteiger partial charge in [-0.1, -0.05) is 12.1 Å². The molecule has 0 aliphatic carbocycles. The van der Waals surface area contributed by atoms with Crippen LogP contribution in [-0.2, 0) is 9.30 Å². The summed E-state index contributed by atoms with van der Waals surface area (Å²) in [5.74, 6) is 0.387. The number of hydrogen-bond acceptors (Lipinski definition) is 4. The number of ether oxygens (including phenoxy) is 1. The first-order valence-electron chi connectivity index (χ1n) is 4.87. The summed E-state index contributed by atoms with van der Waals surface area (Å²) in [5.41, 5.74) is 1.68. The van der Waals surface area contributed by atoms with Gasteiger partial charge in [-0.05, 0) is 12.1 Å². The van der Waals surface area contributed by atoms with Gasteiger partial charge in [-0.15, -0.1) is 0 Å². The predicted molar refractivity (Wildman–Crippen MR) is 66.4 cm³/mol. The number of carbonyl (C=O) groups excluding carboxylic acids is 1. The number of benzene rings is 1. The minimum Gasteiger partial charge on any atom is -0.453 e. The predicted octanol–water partition coefficient (Wildman–Crippen LogP) is 0.813. The van der Waals surface area contributed by atoms with Crippen molar-refractivity contribution in [2.45, 2.75) is 0 Å². The van der Waals surface area contributed by atoms with E-state index >= 15 is 0 Å². The highest BCUT2D eigenvalue weighted by molar-refractivity contribution is 7.45. The number of aromatic nitrogens is 2. The zero-order valence-electron chi connectivity index (χ0n) is 9.77. The summed E-state index contributed by atoms with van der Waals surface area (Å²) in [4.78, 5) is 39.5. The van der Waals surface area contributed by atoms with E-state index in [1.54, 1.807) is 0 Å². The van der Waals surface area contributed by atoms with E-state index in [0.29, 0.717) is 5.95 Å². The molecule has 0 unspecified atom stereocenters. The molecule has 104 valence electrons. The average molecular weight is 289 g/mol. The molecule has 0 fully saturated rings. The Morgan fingerprint density at radius 2 is 1.95 bits per heavy atom. The van der Waals surface area contributed by atoms with Crippen molar-refractivity contribution in [3.8, 4) is 0 Å². The number of anilines is 1. The SMILES string of the molecule is COC(=O)Nc1nc2ccccc2[nH]1.O=P(O)(O)O. The van der Waals surface area contributed by atoms with Crippen molar-refractivity contribution in [3.05, 3.63) is 24.3 Å². The van der Waals surface area contributed by atoms with Gasteiger partial charge in [-0.25, -0.2) is 14.3 Å². The Morgan fingerprint density at radius 1 is 1.37 bits per heavy atom. The first kappa shape index (κ1) is 15.1. The van der Waals surface area contributed by atoms with Crippen LogP contribution in [0.15, 0.2) is 24.3 Å². The van der Waals surface area contributed by atoms with Crippen molar-refractivity contribution in [1.29, 1.82) is 0 Å². The van der Waals surface area contributed by atoms with E-state index in [1.807, 2.05) is 24.3 Å². The van der Waals surface area contributed by atoms with Crippen molar-refractivity contribution in [3.63, 3.8) is 0 Å². The van der Waals surface area contributed by atoms with Crippen LogP contribution in [0.4, 0.5) is 10.7 Å². The van der Waals surface area contributed by atoms with Gasteiger partial charge in [0.1, 0.15) is 0 Å². The van der Waals surface area contributed by atoms with Gasteiger partial charge in [-0.2, -0.15) is 0 Å². The van der Waals surface area contributed by atoms with Crippen LogP contribution < -0.4 is 5.32 Å². The van der Waals surface area contributed by atoms with E-state index in [-0.39, 0.29) is 0 Å². The first-order valence-corrected chi connectivity index (χ1v) is 6.44. The zero-order valence-corrected chi connectivity index (χ0v) is 10.7. The fourth-order valence-electron chi connectivity index (χ4n) is 1.16. The number of H-pyrrole nitrogens is 1. The van der Waals surface area contributed by atoms with Crippen molar-refractivity contribution in [2.24, 2.45) is 0 Å². The quantitative estimate of drug-likeness (QED) is 0.488. The molecule has 0 aliphatic rings. The standard InChI is InChI=1S/C9H9N3O2.H3O4P/c1-14-9(13)12-8-10-6-4-2-3-5-7(6)11-8;1-5(2,3)4/h2-5H,1H3,(H2,10,11,12,13);(H3,1,2,3,4). The number of methoxy groups -OCH3 is 1. The fourth-order valence-corrected chi connectivity index (χ4v) is 1.16. The molecular formula is C9H12N3O6P. The van der Waals surface area contributed by atoms with E-state index in [4.69, 9.17) is 19.2 Å². The lowest BCUT2D eigenvalue weighted by molar-refractivity contribution is 0.186. The third-order valence-electron chi connectivity index (χ3n) is 1.80. The normalized spacial score (nSPS) is 10.5. The summed E-state index contributed by atoms with van der Waals surface area (Å²) < 4.78 is 13.3. The van der Waals surface area contributed by atoms with Crippen molar-refractivity contribution < 1.29 is 28.8 Å². The Kier molecular flexibility index (Phi) is 5.02. The molecule has 10 heteroatoms. The molecule has 5 N–H and O–H groups in total. The maximum absolute atomic E-state index is 10.9. The lowest BCUT2D eigenvalue weighted by atomic mass is 10.3. The minimum absolute atomic E-state index is 0.387. The van der Waals surface area contributed by atoms with Crippen molar-refractivity contribution >= 4 is 30.9 Å². The van der Waals surface area contributed by atoms with Gasteiger partial charge in [-0.3, -0.25) is 5.32 Å². The number of fused-ring (bicyclic) bond motifs is 1. The molecule has 0 atom stereocenters. The summed E-state index contributed by atoms with van der Waals surface area (Å²) in [6, 6.07) is 7.51. The van der Waals surface area contributed by atoms with Crippen LogP contribution >= 0.6 is 7.82 Å². The van der Waals surface area contributed by atoms with E-state index in [0.717, 1.165) is 11.0 Å². The summed E-state index contributed by atoms with van der Waals surface area (Å²) in [6.45, 7) is 0. The monoisotopic (exact) mass is 289 g/mol. The number of phosphoric acid groups is 1. The second kappa shape index (κ2) is 6.30. The van der Waals surface area contributed by atoms with Crippen LogP contribution in [0.1, 0.15) is 0 Å².